The molecule has 0 aliphatic heterocycles. The second-order valence-electron chi connectivity index (χ2n) is 5.68. The zero-order chi connectivity index (χ0) is 18.5. The third kappa shape index (κ3) is 4.25. The molecule has 26 heavy (non-hydrogen) atoms. The van der Waals surface area contributed by atoms with E-state index < -0.39 is 0 Å². The van der Waals surface area contributed by atoms with Gasteiger partial charge in [0.2, 0.25) is 5.91 Å². The molecule has 8 heteroatoms. The number of methoxy groups -OCH3 is 1. The smallest absolute Gasteiger partial charge is 0.233 e. The molecule has 6 nitrogen and oxygen atoms in total. The highest BCUT2D eigenvalue weighted by Gasteiger charge is 2.16. The monoisotopic (exact) mass is 388 g/mol. The van der Waals surface area contributed by atoms with Crippen LogP contribution in [0, 0.1) is 6.92 Å². The number of carbonyl (C=O) groups excluding carboxylic acids is 1. The van der Waals surface area contributed by atoms with Crippen molar-refractivity contribution in [1.29, 1.82) is 0 Å². The number of rotatable bonds is 7. The number of thiophene rings is 1. The van der Waals surface area contributed by atoms with Gasteiger partial charge >= 0.3 is 0 Å². The number of amides is 1. The first-order valence-corrected chi connectivity index (χ1v) is 9.90. The topological polar surface area (TPSA) is 60.2 Å². The highest BCUT2D eigenvalue weighted by Crippen LogP contribution is 2.24. The average molecular weight is 389 g/mol. The number of benzene rings is 1. The summed E-state index contributed by atoms with van der Waals surface area (Å²) in [5.41, 5.74) is 0.940. The molecule has 0 fully saturated rings. The van der Waals surface area contributed by atoms with Gasteiger partial charge in [0, 0.05) is 17.6 Å². The van der Waals surface area contributed by atoms with Crippen LogP contribution in [0.5, 0.6) is 5.75 Å². The molecule has 0 atom stereocenters. The van der Waals surface area contributed by atoms with E-state index >= 15 is 0 Å². The lowest BCUT2D eigenvalue weighted by molar-refractivity contribution is -0.127. The molecular formula is C18H20N4O2S2. The number of hydrogen-bond donors (Lipinski definition) is 0. The fraction of sp³-hybridized carbons (Fsp3) is 0.278. The largest absolute Gasteiger partial charge is 0.497 e. The van der Waals surface area contributed by atoms with E-state index in [1.165, 1.54) is 16.6 Å². The van der Waals surface area contributed by atoms with E-state index in [0.29, 0.717) is 17.5 Å². The zero-order valence-electron chi connectivity index (χ0n) is 14.9. The first kappa shape index (κ1) is 18.5. The molecule has 0 bridgehead atoms. The van der Waals surface area contributed by atoms with E-state index in [1.807, 2.05) is 60.3 Å². The van der Waals surface area contributed by atoms with Gasteiger partial charge in [0.25, 0.3) is 0 Å². The molecule has 0 aliphatic rings. The van der Waals surface area contributed by atoms with Gasteiger partial charge in [-0.05, 0) is 42.6 Å². The van der Waals surface area contributed by atoms with E-state index in [2.05, 4.69) is 10.2 Å². The molecule has 1 amide bonds. The fourth-order valence-corrected chi connectivity index (χ4v) is 4.12. The van der Waals surface area contributed by atoms with Crippen molar-refractivity contribution in [3.05, 3.63) is 52.5 Å². The average Bonchev–Trinajstić information content (AvgIpc) is 3.29. The molecule has 0 saturated heterocycles. The van der Waals surface area contributed by atoms with Crippen molar-refractivity contribution in [2.75, 3.05) is 19.9 Å². The van der Waals surface area contributed by atoms with Crippen LogP contribution in [-0.4, -0.2) is 45.5 Å². The Hall–Kier alpha value is -2.32. The number of hydrogen-bond acceptors (Lipinski definition) is 6. The Morgan fingerprint density at radius 3 is 2.69 bits per heavy atom. The Balaban J connectivity index is 1.67. The standard InChI is InChI=1S/C18H20N4O2S2/c1-13-19-20-18(22(13)14-6-8-15(24-3)9-7-14)26-12-17(23)21(2)11-16-5-4-10-25-16/h4-10H,11-12H2,1-3H3. The highest BCUT2D eigenvalue weighted by atomic mass is 32.2. The van der Waals surface area contributed by atoms with Crippen molar-refractivity contribution in [2.45, 2.75) is 18.6 Å². The minimum Gasteiger partial charge on any atom is -0.497 e. The van der Waals surface area contributed by atoms with E-state index in [9.17, 15) is 4.79 Å². The van der Waals surface area contributed by atoms with Crippen molar-refractivity contribution in [3.63, 3.8) is 0 Å². The third-order valence-electron chi connectivity index (χ3n) is 3.85. The molecule has 2 heterocycles. The van der Waals surface area contributed by atoms with E-state index in [1.54, 1.807) is 23.3 Å². The lowest BCUT2D eigenvalue weighted by Crippen LogP contribution is -2.27. The van der Waals surface area contributed by atoms with Crippen LogP contribution < -0.4 is 4.74 Å². The van der Waals surface area contributed by atoms with Gasteiger partial charge in [-0.25, -0.2) is 0 Å². The van der Waals surface area contributed by atoms with Crippen LogP contribution in [0.15, 0.2) is 46.9 Å². The van der Waals surface area contributed by atoms with Gasteiger partial charge < -0.3 is 9.64 Å². The molecule has 3 rings (SSSR count). The zero-order valence-corrected chi connectivity index (χ0v) is 16.5. The molecule has 0 aliphatic carbocycles. The number of aromatic nitrogens is 3. The Labute approximate surface area is 160 Å². The van der Waals surface area contributed by atoms with Crippen LogP contribution in [0.2, 0.25) is 0 Å². The summed E-state index contributed by atoms with van der Waals surface area (Å²) >= 11 is 3.04. The van der Waals surface area contributed by atoms with Gasteiger partial charge in [-0.15, -0.1) is 21.5 Å². The van der Waals surface area contributed by atoms with Gasteiger partial charge in [0.05, 0.1) is 19.4 Å². The first-order valence-electron chi connectivity index (χ1n) is 8.04. The summed E-state index contributed by atoms with van der Waals surface area (Å²) in [5, 5.41) is 11.1. The summed E-state index contributed by atoms with van der Waals surface area (Å²) in [6.07, 6.45) is 0. The predicted octanol–water partition coefficient (Wildman–Crippen LogP) is 3.40. The van der Waals surface area contributed by atoms with E-state index in [-0.39, 0.29) is 5.91 Å². The molecule has 2 aromatic heterocycles. The molecular weight excluding hydrogens is 368 g/mol. The van der Waals surface area contributed by atoms with Crippen molar-refractivity contribution >= 4 is 29.0 Å². The summed E-state index contributed by atoms with van der Waals surface area (Å²) < 4.78 is 7.14. The Bertz CT molecular complexity index is 860. The Kier molecular flexibility index (Phi) is 5.95. The molecule has 0 spiro atoms. The van der Waals surface area contributed by atoms with Gasteiger partial charge in [-0.2, -0.15) is 0 Å². The van der Waals surface area contributed by atoms with Crippen LogP contribution in [-0.2, 0) is 11.3 Å². The van der Waals surface area contributed by atoms with Crippen LogP contribution in [0.25, 0.3) is 5.69 Å². The Morgan fingerprint density at radius 2 is 2.04 bits per heavy atom. The van der Waals surface area contributed by atoms with Crippen LogP contribution >= 0.6 is 23.1 Å². The maximum Gasteiger partial charge on any atom is 0.233 e. The number of carbonyl (C=O) groups is 1. The molecule has 0 N–H and O–H groups in total. The lowest BCUT2D eigenvalue weighted by Gasteiger charge is -2.16. The maximum atomic E-state index is 12.4. The van der Waals surface area contributed by atoms with Crippen LogP contribution in [0.3, 0.4) is 0 Å². The van der Waals surface area contributed by atoms with E-state index in [4.69, 9.17) is 4.74 Å². The predicted molar refractivity (Wildman–Crippen MR) is 104 cm³/mol. The third-order valence-corrected chi connectivity index (χ3v) is 5.62. The van der Waals surface area contributed by atoms with Crippen LogP contribution in [0.1, 0.15) is 10.7 Å². The summed E-state index contributed by atoms with van der Waals surface area (Å²) in [5.74, 6) is 1.94. The maximum absolute atomic E-state index is 12.4. The van der Waals surface area contributed by atoms with Crippen LogP contribution in [0.4, 0.5) is 0 Å². The molecule has 136 valence electrons. The van der Waals surface area contributed by atoms with Crippen molar-refractivity contribution < 1.29 is 9.53 Å². The Morgan fingerprint density at radius 1 is 1.27 bits per heavy atom. The quantitative estimate of drug-likeness (QED) is 0.581. The summed E-state index contributed by atoms with van der Waals surface area (Å²) in [6.45, 7) is 2.52. The lowest BCUT2D eigenvalue weighted by atomic mass is 10.3. The first-order chi connectivity index (χ1) is 12.6. The van der Waals surface area contributed by atoms with E-state index in [0.717, 1.165) is 17.3 Å². The molecule has 0 unspecified atom stereocenters. The highest BCUT2D eigenvalue weighted by molar-refractivity contribution is 7.99. The second kappa shape index (κ2) is 8.37. The summed E-state index contributed by atoms with van der Waals surface area (Å²) in [4.78, 5) is 15.3. The summed E-state index contributed by atoms with van der Waals surface area (Å²) in [7, 11) is 3.46. The van der Waals surface area contributed by atoms with Gasteiger partial charge in [-0.1, -0.05) is 17.8 Å². The minimum absolute atomic E-state index is 0.0605. The molecule has 1 aromatic carbocycles. The van der Waals surface area contributed by atoms with Crippen molar-refractivity contribution in [3.8, 4) is 11.4 Å². The molecule has 0 saturated carbocycles. The number of nitrogens with zero attached hydrogens (tertiary/aromatic N) is 4. The molecule has 0 radical (unpaired) electrons. The second-order valence-corrected chi connectivity index (χ2v) is 7.66. The van der Waals surface area contributed by atoms with Crippen molar-refractivity contribution in [1.82, 2.24) is 19.7 Å². The number of aryl methyl sites for hydroxylation is 1. The summed E-state index contributed by atoms with van der Waals surface area (Å²) in [6, 6.07) is 11.7. The normalized spacial score (nSPS) is 10.7. The van der Waals surface area contributed by atoms with Gasteiger partial charge in [-0.3, -0.25) is 9.36 Å². The minimum atomic E-state index is 0.0605. The van der Waals surface area contributed by atoms with Gasteiger partial charge in [0.1, 0.15) is 11.6 Å². The molecule has 3 aromatic rings. The van der Waals surface area contributed by atoms with Gasteiger partial charge in [0.15, 0.2) is 5.16 Å². The fourth-order valence-electron chi connectivity index (χ4n) is 2.43. The SMILES string of the molecule is COc1ccc(-n2c(C)nnc2SCC(=O)N(C)Cc2cccs2)cc1. The van der Waals surface area contributed by atoms with Crippen molar-refractivity contribution in [2.24, 2.45) is 0 Å². The number of thioether (sulfide) groups is 1. The number of ether oxygens (including phenoxy) is 1.